The molecule has 60 valence electrons. The highest BCUT2D eigenvalue weighted by molar-refractivity contribution is 5.86. The Morgan fingerprint density at radius 2 is 2.00 bits per heavy atom. The van der Waals surface area contributed by atoms with Crippen molar-refractivity contribution < 1.29 is 14.6 Å². The van der Waals surface area contributed by atoms with Gasteiger partial charge in [0.1, 0.15) is 11.9 Å². The third-order valence-corrected chi connectivity index (χ3v) is 1.07. The van der Waals surface area contributed by atoms with Crippen molar-refractivity contribution in [1.29, 1.82) is 0 Å². The zero-order valence-corrected chi connectivity index (χ0v) is 6.15. The number of hydrogen-bond donors (Lipinski definition) is 1. The summed E-state index contributed by atoms with van der Waals surface area (Å²) in [4.78, 5) is 9.94. The van der Waals surface area contributed by atoms with E-state index >= 15 is 0 Å². The second kappa shape index (κ2) is 4.04. The van der Waals surface area contributed by atoms with E-state index in [0.29, 0.717) is 5.75 Å². The number of carboxylic acid groups (broad SMARTS) is 1. The van der Waals surface area contributed by atoms with Crippen molar-refractivity contribution >= 4 is 5.97 Å². The molecule has 3 heteroatoms. The maximum absolute atomic E-state index is 9.94. The van der Waals surface area contributed by atoms with E-state index in [1.165, 1.54) is 0 Å². The largest absolute Gasteiger partial charge is 0.472 e. The predicted molar refractivity (Wildman–Crippen MR) is 42.5 cm³/mol. The van der Waals surface area contributed by atoms with E-state index in [-0.39, 0.29) is 0 Å². The van der Waals surface area contributed by atoms with Gasteiger partial charge >= 0.3 is 5.97 Å². The van der Waals surface area contributed by atoms with Gasteiger partial charge in [0.15, 0.2) is 0 Å². The van der Waals surface area contributed by atoms with Gasteiger partial charge in [-0.25, -0.2) is 4.79 Å². The molecule has 1 rings (SSSR count). The van der Waals surface area contributed by atoms with Crippen molar-refractivity contribution in [3.05, 3.63) is 30.3 Å². The molecule has 0 spiro atoms. The highest BCUT2D eigenvalue weighted by Gasteiger charge is 1.87. The SMILES string of the molecule is O=C(O)C#COc1ccccc1. The van der Waals surface area contributed by atoms with Gasteiger partial charge in [-0.15, -0.1) is 0 Å². The summed E-state index contributed by atoms with van der Waals surface area (Å²) in [6.07, 6.45) is 2.05. The van der Waals surface area contributed by atoms with Gasteiger partial charge in [0.2, 0.25) is 0 Å². The minimum absolute atomic E-state index is 0.534. The maximum atomic E-state index is 9.94. The van der Waals surface area contributed by atoms with Gasteiger partial charge in [0.05, 0.1) is 5.92 Å². The van der Waals surface area contributed by atoms with Crippen LogP contribution in [-0.4, -0.2) is 11.1 Å². The maximum Gasteiger partial charge on any atom is 0.385 e. The smallest absolute Gasteiger partial charge is 0.385 e. The van der Waals surface area contributed by atoms with E-state index < -0.39 is 5.97 Å². The average molecular weight is 162 g/mol. The summed E-state index contributed by atoms with van der Waals surface area (Å²) >= 11 is 0. The summed E-state index contributed by atoms with van der Waals surface area (Å²) in [5, 5.41) is 8.14. The van der Waals surface area contributed by atoms with Crippen molar-refractivity contribution in [3.63, 3.8) is 0 Å². The summed E-state index contributed by atoms with van der Waals surface area (Å²) < 4.78 is 4.77. The molecule has 0 heterocycles. The molecular weight excluding hydrogens is 156 g/mol. The summed E-state index contributed by atoms with van der Waals surface area (Å²) in [5.41, 5.74) is 0. The fraction of sp³-hybridized carbons (Fsp3) is 0. The zero-order valence-electron chi connectivity index (χ0n) is 6.15. The van der Waals surface area contributed by atoms with E-state index in [9.17, 15) is 4.79 Å². The second-order valence-corrected chi connectivity index (χ2v) is 1.95. The standard InChI is InChI=1S/C9H6O3/c10-9(11)6-7-12-8-4-2-1-3-5-8/h1-5H,(H,10,11). The van der Waals surface area contributed by atoms with Gasteiger partial charge in [-0.05, 0) is 12.1 Å². The van der Waals surface area contributed by atoms with Crippen LogP contribution in [0.1, 0.15) is 0 Å². The first-order chi connectivity index (χ1) is 5.79. The summed E-state index contributed by atoms with van der Waals surface area (Å²) in [6, 6.07) is 8.76. The molecule has 0 aromatic heterocycles. The lowest BCUT2D eigenvalue weighted by atomic mass is 10.3. The predicted octanol–water partition coefficient (Wildman–Crippen LogP) is 1.11. The van der Waals surface area contributed by atoms with E-state index in [4.69, 9.17) is 9.84 Å². The van der Waals surface area contributed by atoms with Crippen molar-refractivity contribution in [2.45, 2.75) is 0 Å². The Bertz CT molecular complexity index is 319. The van der Waals surface area contributed by atoms with Crippen LogP contribution in [0, 0.1) is 12.0 Å². The Kier molecular flexibility index (Phi) is 2.74. The van der Waals surface area contributed by atoms with Gasteiger partial charge in [-0.3, -0.25) is 0 Å². The van der Waals surface area contributed by atoms with Crippen LogP contribution in [0.2, 0.25) is 0 Å². The van der Waals surface area contributed by atoms with Crippen molar-refractivity contribution in [3.8, 4) is 17.8 Å². The van der Waals surface area contributed by atoms with Gasteiger partial charge in [0.25, 0.3) is 0 Å². The van der Waals surface area contributed by atoms with Crippen LogP contribution in [0.4, 0.5) is 0 Å². The Balaban J connectivity index is 2.56. The molecule has 0 saturated heterocycles. The number of benzene rings is 1. The van der Waals surface area contributed by atoms with Crippen LogP contribution in [-0.2, 0) is 4.79 Å². The molecule has 0 aliphatic rings. The molecule has 12 heavy (non-hydrogen) atoms. The highest BCUT2D eigenvalue weighted by atomic mass is 16.5. The first-order valence-electron chi connectivity index (χ1n) is 3.25. The minimum atomic E-state index is -1.20. The van der Waals surface area contributed by atoms with Crippen LogP contribution in [0.15, 0.2) is 30.3 Å². The summed E-state index contributed by atoms with van der Waals surface area (Å²) in [5.74, 6) is 1.17. The minimum Gasteiger partial charge on any atom is -0.472 e. The molecule has 0 fully saturated rings. The second-order valence-electron chi connectivity index (χ2n) is 1.95. The van der Waals surface area contributed by atoms with E-state index in [2.05, 4.69) is 6.11 Å². The van der Waals surface area contributed by atoms with E-state index in [1.807, 2.05) is 12.0 Å². The quantitative estimate of drug-likeness (QED) is 0.629. The molecule has 1 aromatic rings. The van der Waals surface area contributed by atoms with Crippen LogP contribution < -0.4 is 4.74 Å². The molecule has 0 aliphatic heterocycles. The van der Waals surface area contributed by atoms with Crippen molar-refractivity contribution in [2.24, 2.45) is 0 Å². The lowest BCUT2D eigenvalue weighted by Gasteiger charge is -1.92. The fourth-order valence-corrected chi connectivity index (χ4v) is 0.617. The van der Waals surface area contributed by atoms with Gasteiger partial charge < -0.3 is 9.84 Å². The normalized spacial score (nSPS) is 8.00. The molecule has 0 bridgehead atoms. The molecular formula is C9H6O3. The Morgan fingerprint density at radius 1 is 1.33 bits per heavy atom. The lowest BCUT2D eigenvalue weighted by Crippen LogP contribution is -1.89. The molecule has 1 aromatic carbocycles. The lowest BCUT2D eigenvalue weighted by molar-refractivity contribution is -0.130. The first-order valence-corrected chi connectivity index (χ1v) is 3.25. The number of rotatable bonds is 1. The average Bonchev–Trinajstić information content (AvgIpc) is 2.05. The van der Waals surface area contributed by atoms with Crippen molar-refractivity contribution in [2.75, 3.05) is 0 Å². The Labute approximate surface area is 69.6 Å². The van der Waals surface area contributed by atoms with Crippen LogP contribution in [0.25, 0.3) is 0 Å². The molecule has 0 amide bonds. The first kappa shape index (κ1) is 8.15. The monoisotopic (exact) mass is 162 g/mol. The van der Waals surface area contributed by atoms with Crippen LogP contribution in [0.3, 0.4) is 0 Å². The third-order valence-electron chi connectivity index (χ3n) is 1.07. The van der Waals surface area contributed by atoms with Crippen LogP contribution >= 0.6 is 0 Å². The number of hydrogen-bond acceptors (Lipinski definition) is 2. The molecule has 1 N–H and O–H groups in total. The van der Waals surface area contributed by atoms with Crippen molar-refractivity contribution in [1.82, 2.24) is 0 Å². The highest BCUT2D eigenvalue weighted by Crippen LogP contribution is 2.06. The number of para-hydroxylation sites is 1. The Morgan fingerprint density at radius 3 is 2.58 bits per heavy atom. The van der Waals surface area contributed by atoms with E-state index in [1.54, 1.807) is 24.3 Å². The van der Waals surface area contributed by atoms with E-state index in [0.717, 1.165) is 0 Å². The fourth-order valence-electron chi connectivity index (χ4n) is 0.617. The number of carboxylic acids is 1. The topological polar surface area (TPSA) is 46.5 Å². The summed E-state index contributed by atoms with van der Waals surface area (Å²) in [6.45, 7) is 0. The van der Waals surface area contributed by atoms with Gasteiger partial charge in [-0.2, -0.15) is 0 Å². The Hall–Kier alpha value is -1.95. The van der Waals surface area contributed by atoms with Gasteiger partial charge in [-0.1, -0.05) is 18.2 Å². The molecule has 0 unspecified atom stereocenters. The zero-order chi connectivity index (χ0) is 8.81. The molecule has 0 saturated carbocycles. The molecule has 0 atom stereocenters. The number of carbonyl (C=O) groups is 1. The van der Waals surface area contributed by atoms with Gasteiger partial charge in [0, 0.05) is 0 Å². The third kappa shape index (κ3) is 2.76. The molecule has 3 nitrogen and oxygen atoms in total. The van der Waals surface area contributed by atoms with Crippen LogP contribution in [0.5, 0.6) is 5.75 Å². The number of aliphatic carboxylic acids is 1. The molecule has 0 aliphatic carbocycles. The molecule has 0 radical (unpaired) electrons. The number of ether oxygens (including phenoxy) is 1. The summed E-state index contributed by atoms with van der Waals surface area (Å²) in [7, 11) is 0.